The predicted octanol–water partition coefficient (Wildman–Crippen LogP) is 3.50. The maximum absolute atomic E-state index is 12.7. The number of carbonyl (C=O) groups is 2. The number of carbonyl (C=O) groups excluding carboxylic acids is 2. The van der Waals surface area contributed by atoms with E-state index in [0.29, 0.717) is 6.54 Å². The van der Waals surface area contributed by atoms with Crippen molar-refractivity contribution in [3.8, 4) is 0 Å². The van der Waals surface area contributed by atoms with Crippen LogP contribution in [0.3, 0.4) is 0 Å². The molecular formula is C17H19BrClNO4. The Morgan fingerprint density at radius 2 is 2.29 bits per heavy atom. The molecule has 1 unspecified atom stereocenters. The average Bonchev–Trinajstić information content (AvgIpc) is 3.04. The van der Waals surface area contributed by atoms with Crippen LogP contribution in [0.2, 0.25) is 5.02 Å². The molecule has 0 aliphatic carbocycles. The Hall–Kier alpha value is -1.37. The van der Waals surface area contributed by atoms with Crippen LogP contribution in [0, 0.1) is 0 Å². The molecule has 2 rings (SSSR count). The highest BCUT2D eigenvalue weighted by Crippen LogP contribution is 2.24. The molecule has 1 aromatic carbocycles. The molecular weight excluding hydrogens is 398 g/mol. The number of ketones is 1. The van der Waals surface area contributed by atoms with Crippen molar-refractivity contribution in [2.24, 2.45) is 0 Å². The summed E-state index contributed by atoms with van der Waals surface area (Å²) in [5.41, 5.74) is 0.164. The maximum Gasteiger partial charge on any atom is 0.343 e. The van der Waals surface area contributed by atoms with Crippen LogP contribution in [0.1, 0.15) is 30.1 Å². The first kappa shape index (κ1) is 19.0. The number of rotatable bonds is 7. The van der Waals surface area contributed by atoms with Gasteiger partial charge in [-0.3, -0.25) is 4.79 Å². The second-order valence-corrected chi connectivity index (χ2v) is 6.60. The summed E-state index contributed by atoms with van der Waals surface area (Å²) < 4.78 is 11.2. The van der Waals surface area contributed by atoms with Crippen LogP contribution in [0.5, 0.6) is 0 Å². The van der Waals surface area contributed by atoms with Crippen molar-refractivity contribution >= 4 is 39.3 Å². The Labute approximate surface area is 154 Å². The number of halogens is 2. The molecule has 24 heavy (non-hydrogen) atoms. The molecule has 0 spiro atoms. The van der Waals surface area contributed by atoms with Gasteiger partial charge >= 0.3 is 5.97 Å². The Bertz CT molecular complexity index is 641. The van der Waals surface area contributed by atoms with E-state index in [0.717, 1.165) is 23.9 Å². The zero-order valence-electron chi connectivity index (χ0n) is 13.3. The van der Waals surface area contributed by atoms with E-state index in [4.69, 9.17) is 21.1 Å². The van der Waals surface area contributed by atoms with Crippen molar-refractivity contribution in [2.45, 2.75) is 25.9 Å². The minimum atomic E-state index is -0.679. The van der Waals surface area contributed by atoms with Crippen LogP contribution in [-0.4, -0.2) is 37.6 Å². The van der Waals surface area contributed by atoms with Gasteiger partial charge in [-0.05, 0) is 38.0 Å². The lowest BCUT2D eigenvalue weighted by molar-refractivity contribution is -0.138. The lowest BCUT2D eigenvalue weighted by Gasteiger charge is -2.11. The maximum atomic E-state index is 12.7. The van der Waals surface area contributed by atoms with Gasteiger partial charge in [-0.25, -0.2) is 4.79 Å². The van der Waals surface area contributed by atoms with Crippen molar-refractivity contribution in [2.75, 3.05) is 19.8 Å². The van der Waals surface area contributed by atoms with E-state index in [1.165, 1.54) is 6.20 Å². The monoisotopic (exact) mass is 415 g/mol. The molecule has 1 heterocycles. The van der Waals surface area contributed by atoms with Gasteiger partial charge in [0.1, 0.15) is 5.57 Å². The van der Waals surface area contributed by atoms with Crippen LogP contribution < -0.4 is 5.32 Å². The van der Waals surface area contributed by atoms with E-state index < -0.39 is 11.8 Å². The molecule has 0 amide bonds. The highest BCUT2D eigenvalue weighted by atomic mass is 79.9. The molecule has 1 aliphatic rings. The number of Topliss-reactive ketones (excluding diaryl/α,β-unsaturated/α-hetero) is 1. The van der Waals surface area contributed by atoms with Crippen LogP contribution in [0.15, 0.2) is 34.4 Å². The number of hydrogen-bond donors (Lipinski definition) is 1. The molecule has 1 atom stereocenters. The number of ether oxygens (including phenoxy) is 2. The van der Waals surface area contributed by atoms with E-state index in [1.807, 2.05) is 0 Å². The Morgan fingerprint density at radius 3 is 2.92 bits per heavy atom. The Balaban J connectivity index is 2.17. The van der Waals surface area contributed by atoms with Gasteiger partial charge in [-0.2, -0.15) is 0 Å². The second kappa shape index (κ2) is 9.20. The SMILES string of the molecule is CCOC(=O)/C(=C\NCC1CCCO1)C(=O)c1ccc(Br)cc1Cl. The van der Waals surface area contributed by atoms with Crippen molar-refractivity contribution in [3.63, 3.8) is 0 Å². The summed E-state index contributed by atoms with van der Waals surface area (Å²) in [5.74, 6) is -1.16. The molecule has 1 fully saturated rings. The number of esters is 1. The fourth-order valence-electron chi connectivity index (χ4n) is 2.34. The summed E-state index contributed by atoms with van der Waals surface area (Å²) in [7, 11) is 0. The van der Waals surface area contributed by atoms with Crippen LogP contribution in [0.4, 0.5) is 0 Å². The fourth-order valence-corrected chi connectivity index (χ4v) is 3.10. The van der Waals surface area contributed by atoms with Crippen LogP contribution in [-0.2, 0) is 14.3 Å². The van der Waals surface area contributed by atoms with Gasteiger partial charge in [0.2, 0.25) is 5.78 Å². The Morgan fingerprint density at radius 1 is 1.50 bits per heavy atom. The summed E-state index contributed by atoms with van der Waals surface area (Å²) >= 11 is 9.40. The van der Waals surface area contributed by atoms with Crippen LogP contribution >= 0.6 is 27.5 Å². The molecule has 5 nitrogen and oxygen atoms in total. The highest BCUT2D eigenvalue weighted by molar-refractivity contribution is 9.10. The smallest absolute Gasteiger partial charge is 0.343 e. The molecule has 7 heteroatoms. The van der Waals surface area contributed by atoms with E-state index in [-0.39, 0.29) is 28.9 Å². The lowest BCUT2D eigenvalue weighted by Crippen LogP contribution is -2.25. The minimum absolute atomic E-state index is 0.0842. The van der Waals surface area contributed by atoms with Crippen molar-refractivity contribution < 1.29 is 19.1 Å². The van der Waals surface area contributed by atoms with E-state index >= 15 is 0 Å². The lowest BCUT2D eigenvalue weighted by atomic mass is 10.0. The molecule has 1 aromatic rings. The summed E-state index contributed by atoms with van der Waals surface area (Å²) in [5, 5.41) is 3.25. The van der Waals surface area contributed by atoms with E-state index in [1.54, 1.807) is 25.1 Å². The third kappa shape index (κ3) is 5.06. The van der Waals surface area contributed by atoms with Crippen molar-refractivity contribution in [3.05, 3.63) is 45.0 Å². The largest absolute Gasteiger partial charge is 0.462 e. The molecule has 130 valence electrons. The fraction of sp³-hybridized carbons (Fsp3) is 0.412. The summed E-state index contributed by atoms with van der Waals surface area (Å²) in [6.45, 7) is 3.15. The Kier molecular flexibility index (Phi) is 7.27. The predicted molar refractivity (Wildman–Crippen MR) is 95.2 cm³/mol. The first-order valence-electron chi connectivity index (χ1n) is 7.75. The molecule has 0 saturated carbocycles. The normalized spacial score (nSPS) is 17.6. The number of benzene rings is 1. The van der Waals surface area contributed by atoms with E-state index in [2.05, 4.69) is 21.2 Å². The van der Waals surface area contributed by atoms with Gasteiger partial charge in [0.25, 0.3) is 0 Å². The minimum Gasteiger partial charge on any atom is -0.462 e. The van der Waals surface area contributed by atoms with Gasteiger partial charge in [0.05, 0.1) is 17.7 Å². The third-order valence-corrected chi connectivity index (χ3v) is 4.34. The van der Waals surface area contributed by atoms with Crippen molar-refractivity contribution in [1.29, 1.82) is 0 Å². The summed E-state index contributed by atoms with van der Waals surface area (Å²) in [4.78, 5) is 24.8. The molecule has 0 aromatic heterocycles. The first-order chi connectivity index (χ1) is 11.5. The highest BCUT2D eigenvalue weighted by Gasteiger charge is 2.23. The molecule has 1 N–H and O–H groups in total. The molecule has 1 saturated heterocycles. The summed E-state index contributed by atoms with van der Waals surface area (Å²) in [6, 6.07) is 4.88. The third-order valence-electron chi connectivity index (χ3n) is 3.53. The zero-order chi connectivity index (χ0) is 17.5. The zero-order valence-corrected chi connectivity index (χ0v) is 15.7. The standard InChI is InChI=1S/C17H19BrClNO4/c1-2-23-17(22)14(10-20-9-12-4-3-7-24-12)16(21)13-6-5-11(18)8-15(13)19/h5-6,8,10,12,20H,2-4,7,9H2,1H3/b14-10-. The molecule has 0 radical (unpaired) electrons. The van der Waals surface area contributed by atoms with Crippen LogP contribution in [0.25, 0.3) is 0 Å². The van der Waals surface area contributed by atoms with Crippen molar-refractivity contribution in [1.82, 2.24) is 5.32 Å². The average molecular weight is 417 g/mol. The number of nitrogens with one attached hydrogen (secondary N) is 1. The summed E-state index contributed by atoms with van der Waals surface area (Å²) in [6.07, 6.45) is 3.47. The topological polar surface area (TPSA) is 64.6 Å². The number of hydrogen-bond acceptors (Lipinski definition) is 5. The quantitative estimate of drug-likeness (QED) is 0.242. The molecule has 0 bridgehead atoms. The molecule has 1 aliphatic heterocycles. The van der Waals surface area contributed by atoms with E-state index in [9.17, 15) is 9.59 Å². The second-order valence-electron chi connectivity index (χ2n) is 5.28. The van der Waals surface area contributed by atoms with Gasteiger partial charge in [0.15, 0.2) is 0 Å². The van der Waals surface area contributed by atoms with Gasteiger partial charge in [0, 0.05) is 29.4 Å². The first-order valence-corrected chi connectivity index (χ1v) is 8.92. The van der Waals surface area contributed by atoms with Gasteiger partial charge in [-0.15, -0.1) is 0 Å². The van der Waals surface area contributed by atoms with Gasteiger partial charge < -0.3 is 14.8 Å². The van der Waals surface area contributed by atoms with Gasteiger partial charge in [-0.1, -0.05) is 27.5 Å².